The fraction of sp³-hybridized carbons (Fsp3) is 0.381. The van der Waals surface area contributed by atoms with Crippen molar-refractivity contribution >= 4 is 27.3 Å². The monoisotopic (exact) mass is 404 g/mol. The van der Waals surface area contributed by atoms with E-state index in [0.717, 1.165) is 5.56 Å². The first-order valence-electron chi connectivity index (χ1n) is 9.26. The summed E-state index contributed by atoms with van der Waals surface area (Å²) in [6.07, 6.45) is 1.85. The lowest BCUT2D eigenvalue weighted by atomic mass is 10.2. The van der Waals surface area contributed by atoms with Gasteiger partial charge < -0.3 is 10.1 Å². The molecule has 28 heavy (non-hydrogen) atoms. The number of hydrogen-bond donors (Lipinski definition) is 1. The van der Waals surface area contributed by atoms with E-state index in [1.807, 2.05) is 51.1 Å². The van der Waals surface area contributed by atoms with Gasteiger partial charge in [0.05, 0.1) is 18.0 Å². The van der Waals surface area contributed by atoms with Crippen LogP contribution in [-0.4, -0.2) is 33.2 Å². The lowest BCUT2D eigenvalue weighted by Crippen LogP contribution is -2.31. The first-order chi connectivity index (χ1) is 13.1. The molecule has 0 spiro atoms. The standard InChI is InChI=1S/C21H28N2O4S/c1-16(2)27-20-11-6-9-18(15-20)22-21(24)12-7-13-23(28(4,25)26)19-10-5-8-17(3)14-19/h5-6,8-11,14-16H,7,12-13H2,1-4H3,(H,22,24). The van der Waals surface area contributed by atoms with Crippen LogP contribution in [-0.2, 0) is 14.8 Å². The van der Waals surface area contributed by atoms with Crippen LogP contribution in [0.4, 0.5) is 11.4 Å². The predicted octanol–water partition coefficient (Wildman–Crippen LogP) is 3.97. The van der Waals surface area contributed by atoms with Crippen LogP contribution in [0, 0.1) is 6.92 Å². The zero-order valence-corrected chi connectivity index (χ0v) is 17.6. The highest BCUT2D eigenvalue weighted by Gasteiger charge is 2.17. The summed E-state index contributed by atoms with van der Waals surface area (Å²) in [4.78, 5) is 12.2. The predicted molar refractivity (Wildman–Crippen MR) is 113 cm³/mol. The van der Waals surface area contributed by atoms with Crippen molar-refractivity contribution in [2.24, 2.45) is 0 Å². The second-order valence-electron chi connectivity index (χ2n) is 7.02. The summed E-state index contributed by atoms with van der Waals surface area (Å²) in [7, 11) is -3.42. The molecule has 0 aliphatic heterocycles. The van der Waals surface area contributed by atoms with Gasteiger partial charge in [-0.1, -0.05) is 18.2 Å². The minimum Gasteiger partial charge on any atom is -0.491 e. The number of rotatable bonds is 9. The molecule has 2 aromatic rings. The molecule has 2 rings (SSSR count). The summed E-state index contributed by atoms with van der Waals surface area (Å²) in [5, 5.41) is 2.83. The Kier molecular flexibility index (Phi) is 7.45. The molecule has 7 heteroatoms. The van der Waals surface area contributed by atoms with Gasteiger partial charge in [-0.15, -0.1) is 0 Å². The Morgan fingerprint density at radius 2 is 1.86 bits per heavy atom. The SMILES string of the molecule is Cc1cccc(N(CCCC(=O)Nc2cccc(OC(C)C)c2)S(C)(=O)=O)c1. The maximum Gasteiger partial charge on any atom is 0.232 e. The van der Waals surface area contributed by atoms with Crippen molar-refractivity contribution in [1.29, 1.82) is 0 Å². The number of anilines is 2. The average molecular weight is 405 g/mol. The highest BCUT2D eigenvalue weighted by atomic mass is 32.2. The molecule has 1 amide bonds. The number of aryl methyl sites for hydroxylation is 1. The Hall–Kier alpha value is -2.54. The molecule has 0 bridgehead atoms. The van der Waals surface area contributed by atoms with Gasteiger partial charge in [0.25, 0.3) is 0 Å². The largest absolute Gasteiger partial charge is 0.491 e. The number of amides is 1. The number of carbonyl (C=O) groups excluding carboxylic acids is 1. The number of benzene rings is 2. The fourth-order valence-corrected chi connectivity index (χ4v) is 3.75. The normalized spacial score (nSPS) is 11.3. The third-order valence-corrected chi connectivity index (χ3v) is 5.14. The molecular weight excluding hydrogens is 376 g/mol. The highest BCUT2D eigenvalue weighted by molar-refractivity contribution is 7.92. The molecule has 0 aliphatic rings. The van der Waals surface area contributed by atoms with Gasteiger partial charge in [0, 0.05) is 24.7 Å². The molecule has 2 aromatic carbocycles. The van der Waals surface area contributed by atoms with Crippen LogP contribution in [0.1, 0.15) is 32.3 Å². The van der Waals surface area contributed by atoms with Gasteiger partial charge >= 0.3 is 0 Å². The Bertz CT molecular complexity index is 910. The molecular formula is C21H28N2O4S. The zero-order chi connectivity index (χ0) is 20.7. The van der Waals surface area contributed by atoms with Crippen LogP contribution >= 0.6 is 0 Å². The number of nitrogens with zero attached hydrogens (tertiary/aromatic N) is 1. The first kappa shape index (κ1) is 21.8. The Labute approximate surface area is 167 Å². The van der Waals surface area contributed by atoms with Crippen molar-refractivity contribution in [3.8, 4) is 5.75 Å². The number of sulfonamides is 1. The van der Waals surface area contributed by atoms with Crippen molar-refractivity contribution in [2.75, 3.05) is 22.4 Å². The second-order valence-corrected chi connectivity index (χ2v) is 8.93. The smallest absolute Gasteiger partial charge is 0.232 e. The van der Waals surface area contributed by atoms with E-state index in [0.29, 0.717) is 23.5 Å². The van der Waals surface area contributed by atoms with Gasteiger partial charge in [0.1, 0.15) is 5.75 Å². The summed E-state index contributed by atoms with van der Waals surface area (Å²) in [6.45, 7) is 6.03. The maximum atomic E-state index is 12.2. The first-order valence-corrected chi connectivity index (χ1v) is 11.1. The molecule has 0 heterocycles. The molecule has 0 unspecified atom stereocenters. The van der Waals surface area contributed by atoms with Crippen LogP contribution < -0.4 is 14.4 Å². The van der Waals surface area contributed by atoms with Crippen molar-refractivity contribution in [2.45, 2.75) is 39.7 Å². The second kappa shape index (κ2) is 9.59. The summed E-state index contributed by atoms with van der Waals surface area (Å²) >= 11 is 0. The van der Waals surface area contributed by atoms with Gasteiger partial charge in [-0.05, 0) is 57.0 Å². The van der Waals surface area contributed by atoms with E-state index < -0.39 is 10.0 Å². The van der Waals surface area contributed by atoms with E-state index in [1.165, 1.54) is 10.6 Å². The highest BCUT2D eigenvalue weighted by Crippen LogP contribution is 2.21. The van der Waals surface area contributed by atoms with Crippen molar-refractivity contribution < 1.29 is 17.9 Å². The summed E-state index contributed by atoms with van der Waals surface area (Å²) in [5.41, 5.74) is 2.25. The Morgan fingerprint density at radius 3 is 2.50 bits per heavy atom. The van der Waals surface area contributed by atoms with E-state index in [1.54, 1.807) is 18.2 Å². The molecule has 152 valence electrons. The third-order valence-electron chi connectivity index (χ3n) is 3.94. The van der Waals surface area contributed by atoms with E-state index in [-0.39, 0.29) is 25.0 Å². The lowest BCUT2D eigenvalue weighted by Gasteiger charge is -2.22. The summed E-state index contributed by atoms with van der Waals surface area (Å²) < 4.78 is 31.3. The van der Waals surface area contributed by atoms with Crippen molar-refractivity contribution in [3.05, 3.63) is 54.1 Å². The third kappa shape index (κ3) is 6.88. The van der Waals surface area contributed by atoms with E-state index in [9.17, 15) is 13.2 Å². The van der Waals surface area contributed by atoms with Crippen molar-refractivity contribution in [1.82, 2.24) is 0 Å². The van der Waals surface area contributed by atoms with Crippen LogP contribution in [0.3, 0.4) is 0 Å². The molecule has 0 saturated carbocycles. The van der Waals surface area contributed by atoms with Gasteiger partial charge in [0.15, 0.2) is 0 Å². The fourth-order valence-electron chi connectivity index (χ4n) is 2.80. The van der Waals surface area contributed by atoms with E-state index >= 15 is 0 Å². The number of carbonyl (C=O) groups is 1. The number of hydrogen-bond acceptors (Lipinski definition) is 4. The van der Waals surface area contributed by atoms with Crippen LogP contribution in [0.5, 0.6) is 5.75 Å². The average Bonchev–Trinajstić information content (AvgIpc) is 2.57. The van der Waals surface area contributed by atoms with Gasteiger partial charge in [-0.2, -0.15) is 0 Å². The molecule has 0 atom stereocenters. The molecule has 0 aromatic heterocycles. The Morgan fingerprint density at radius 1 is 1.14 bits per heavy atom. The number of ether oxygens (including phenoxy) is 1. The topological polar surface area (TPSA) is 75.7 Å². The van der Waals surface area contributed by atoms with Gasteiger partial charge in [-0.3, -0.25) is 9.10 Å². The van der Waals surface area contributed by atoms with Gasteiger partial charge in [-0.25, -0.2) is 8.42 Å². The molecule has 6 nitrogen and oxygen atoms in total. The summed E-state index contributed by atoms with van der Waals surface area (Å²) in [5.74, 6) is 0.523. The zero-order valence-electron chi connectivity index (χ0n) is 16.8. The van der Waals surface area contributed by atoms with E-state index in [4.69, 9.17) is 4.74 Å². The lowest BCUT2D eigenvalue weighted by molar-refractivity contribution is -0.116. The summed E-state index contributed by atoms with van der Waals surface area (Å²) in [6, 6.07) is 14.5. The van der Waals surface area contributed by atoms with Crippen LogP contribution in [0.25, 0.3) is 0 Å². The maximum absolute atomic E-state index is 12.2. The minimum absolute atomic E-state index is 0.0505. The van der Waals surface area contributed by atoms with Crippen molar-refractivity contribution in [3.63, 3.8) is 0 Å². The quantitative estimate of drug-likeness (QED) is 0.686. The molecule has 0 aliphatic carbocycles. The molecule has 1 N–H and O–H groups in total. The minimum atomic E-state index is -3.42. The van der Waals surface area contributed by atoms with Crippen LogP contribution in [0.2, 0.25) is 0 Å². The number of nitrogens with one attached hydrogen (secondary N) is 1. The molecule has 0 radical (unpaired) electrons. The van der Waals surface area contributed by atoms with Gasteiger partial charge in [0.2, 0.25) is 15.9 Å². The van der Waals surface area contributed by atoms with Crippen LogP contribution in [0.15, 0.2) is 48.5 Å². The molecule has 0 fully saturated rings. The Balaban J connectivity index is 1.94. The molecule has 0 saturated heterocycles. The van der Waals surface area contributed by atoms with E-state index in [2.05, 4.69) is 5.32 Å².